The molecule has 8 heteroatoms. The predicted octanol–water partition coefficient (Wildman–Crippen LogP) is 7.03. The number of ether oxygens (including phenoxy) is 1. The van der Waals surface area contributed by atoms with Crippen molar-refractivity contribution in [3.8, 4) is 16.9 Å². The number of nitrogens with one attached hydrogen (secondary N) is 1. The van der Waals surface area contributed by atoms with Gasteiger partial charge in [0.2, 0.25) is 5.91 Å². The quantitative estimate of drug-likeness (QED) is 0.142. The summed E-state index contributed by atoms with van der Waals surface area (Å²) in [6, 6.07) is 29.8. The van der Waals surface area contributed by atoms with Crippen LogP contribution >= 0.6 is 0 Å². The molecule has 0 radical (unpaired) electrons. The number of allylic oxidation sites excluding steroid dienone is 1. The zero-order valence-corrected chi connectivity index (χ0v) is 27.3. The van der Waals surface area contributed by atoms with Crippen LogP contribution in [-0.4, -0.2) is 67.8 Å². The van der Waals surface area contributed by atoms with E-state index in [0.717, 1.165) is 55.7 Å². The van der Waals surface area contributed by atoms with Crippen molar-refractivity contribution < 1.29 is 19.1 Å². The highest BCUT2D eigenvalue weighted by molar-refractivity contribution is 6.09. The minimum atomic E-state index is -0.224. The maximum Gasteiger partial charge on any atom is 0.258 e. The van der Waals surface area contributed by atoms with E-state index in [9.17, 15) is 14.4 Å². The molecule has 1 aliphatic rings. The number of aryl methyl sites for hydroxylation is 1. The minimum absolute atomic E-state index is 0.205. The van der Waals surface area contributed by atoms with E-state index in [-0.39, 0.29) is 17.7 Å². The summed E-state index contributed by atoms with van der Waals surface area (Å²) in [6.45, 7) is 5.46. The summed E-state index contributed by atoms with van der Waals surface area (Å²) in [5.74, 6) is 0.314. The molecule has 242 valence electrons. The van der Waals surface area contributed by atoms with Crippen molar-refractivity contribution in [2.75, 3.05) is 50.5 Å². The highest BCUT2D eigenvalue weighted by atomic mass is 16.5. The van der Waals surface area contributed by atoms with Gasteiger partial charge in [0.15, 0.2) is 0 Å². The number of carbonyl (C=O) groups excluding carboxylic acids is 3. The zero-order valence-electron chi connectivity index (χ0n) is 27.3. The molecule has 4 aromatic rings. The van der Waals surface area contributed by atoms with E-state index in [1.165, 1.54) is 0 Å². The second-order valence-corrected chi connectivity index (χ2v) is 11.8. The van der Waals surface area contributed by atoms with E-state index in [1.54, 1.807) is 42.5 Å². The van der Waals surface area contributed by atoms with Crippen molar-refractivity contribution in [2.45, 2.75) is 26.2 Å². The number of benzene rings is 4. The van der Waals surface area contributed by atoms with Crippen LogP contribution in [0.5, 0.6) is 5.75 Å². The van der Waals surface area contributed by atoms with Crippen LogP contribution in [0.4, 0.5) is 11.4 Å². The van der Waals surface area contributed by atoms with Crippen LogP contribution in [0.1, 0.15) is 45.5 Å². The van der Waals surface area contributed by atoms with Crippen LogP contribution in [0.2, 0.25) is 0 Å². The molecule has 0 aromatic heterocycles. The third-order valence-electron chi connectivity index (χ3n) is 8.36. The first-order valence-corrected chi connectivity index (χ1v) is 16.0. The average molecular weight is 631 g/mol. The Labute approximate surface area is 277 Å². The molecule has 0 spiro atoms. The largest absolute Gasteiger partial charge is 0.463 e. The summed E-state index contributed by atoms with van der Waals surface area (Å²) in [6.07, 6.45) is 5.51. The number of amides is 3. The second kappa shape index (κ2) is 15.9. The number of nitrogens with zero attached hydrogens (tertiary/aromatic N) is 3. The monoisotopic (exact) mass is 630 g/mol. The molecule has 1 fully saturated rings. The van der Waals surface area contributed by atoms with E-state index in [2.05, 4.69) is 17.3 Å². The normalized spacial score (nSPS) is 13.4. The molecule has 0 aliphatic carbocycles. The van der Waals surface area contributed by atoms with E-state index in [4.69, 9.17) is 4.74 Å². The number of anilines is 2. The number of unbranched alkanes of at least 4 members (excludes halogenated alkanes) is 1. The van der Waals surface area contributed by atoms with Crippen LogP contribution in [0, 0.1) is 6.92 Å². The summed E-state index contributed by atoms with van der Waals surface area (Å²) < 4.78 is 5.91. The number of para-hydroxylation sites is 2. The molecule has 3 amide bonds. The van der Waals surface area contributed by atoms with Crippen molar-refractivity contribution in [3.63, 3.8) is 0 Å². The molecule has 0 atom stereocenters. The first-order valence-electron chi connectivity index (χ1n) is 16.0. The van der Waals surface area contributed by atoms with Gasteiger partial charge in [-0.1, -0.05) is 60.2 Å². The van der Waals surface area contributed by atoms with Crippen molar-refractivity contribution in [1.29, 1.82) is 0 Å². The Balaban J connectivity index is 1.15. The van der Waals surface area contributed by atoms with Gasteiger partial charge < -0.3 is 24.8 Å². The maximum absolute atomic E-state index is 13.4. The Bertz CT molecular complexity index is 1710. The van der Waals surface area contributed by atoms with Gasteiger partial charge in [0.05, 0.1) is 11.9 Å². The lowest BCUT2D eigenvalue weighted by Gasteiger charge is -2.32. The van der Waals surface area contributed by atoms with Gasteiger partial charge in [-0.15, -0.1) is 0 Å². The number of rotatable bonds is 11. The van der Waals surface area contributed by atoms with Gasteiger partial charge in [-0.3, -0.25) is 14.4 Å². The van der Waals surface area contributed by atoms with Crippen molar-refractivity contribution in [1.82, 2.24) is 9.80 Å². The Morgan fingerprint density at radius 1 is 0.851 bits per heavy atom. The van der Waals surface area contributed by atoms with Gasteiger partial charge >= 0.3 is 0 Å². The third-order valence-corrected chi connectivity index (χ3v) is 8.36. The number of carbonyl (C=O) groups is 3. The number of hydrogen-bond acceptors (Lipinski definition) is 5. The van der Waals surface area contributed by atoms with E-state index in [1.807, 2.05) is 90.7 Å². The van der Waals surface area contributed by atoms with Crippen LogP contribution in [-0.2, 0) is 4.79 Å². The molecule has 1 heterocycles. The molecule has 5 rings (SSSR count). The highest BCUT2D eigenvalue weighted by Crippen LogP contribution is 2.29. The fourth-order valence-corrected chi connectivity index (χ4v) is 5.47. The maximum atomic E-state index is 13.4. The number of hydrogen-bond donors (Lipinski definition) is 1. The molecule has 47 heavy (non-hydrogen) atoms. The third kappa shape index (κ3) is 8.74. The Morgan fingerprint density at radius 2 is 1.53 bits per heavy atom. The second-order valence-electron chi connectivity index (χ2n) is 11.8. The van der Waals surface area contributed by atoms with Gasteiger partial charge in [-0.25, -0.2) is 0 Å². The van der Waals surface area contributed by atoms with Crippen LogP contribution in [0.3, 0.4) is 0 Å². The van der Waals surface area contributed by atoms with Crippen molar-refractivity contribution in [2.24, 2.45) is 0 Å². The van der Waals surface area contributed by atoms with Gasteiger partial charge in [0.25, 0.3) is 11.8 Å². The first-order chi connectivity index (χ1) is 22.8. The molecule has 1 N–H and O–H groups in total. The van der Waals surface area contributed by atoms with E-state index in [0.29, 0.717) is 34.7 Å². The summed E-state index contributed by atoms with van der Waals surface area (Å²) in [4.78, 5) is 44.9. The van der Waals surface area contributed by atoms with E-state index >= 15 is 0 Å². The summed E-state index contributed by atoms with van der Waals surface area (Å²) >= 11 is 0. The SMILES string of the molecule is Cc1ccc(-c2ccccc2C(=O)Nc2ccc(C(=O)N(C)c3ccccc3O/C=C/CCCC(=O)N3CCN(C)CC3)cc2)cc1. The smallest absolute Gasteiger partial charge is 0.258 e. The first kappa shape index (κ1) is 33.2. The van der Waals surface area contributed by atoms with E-state index < -0.39 is 0 Å². The molecule has 8 nitrogen and oxygen atoms in total. The fraction of sp³-hybridized carbons (Fsp3) is 0.256. The Morgan fingerprint density at radius 3 is 2.28 bits per heavy atom. The minimum Gasteiger partial charge on any atom is -0.463 e. The Kier molecular flexibility index (Phi) is 11.2. The van der Waals surface area contributed by atoms with Crippen LogP contribution < -0.4 is 15.0 Å². The average Bonchev–Trinajstić information content (AvgIpc) is 3.10. The van der Waals surface area contributed by atoms with Crippen LogP contribution in [0.15, 0.2) is 109 Å². The number of piperazine rings is 1. The molecular formula is C39H42N4O4. The van der Waals surface area contributed by atoms with Crippen molar-refractivity contribution in [3.05, 3.63) is 126 Å². The summed E-state index contributed by atoms with van der Waals surface area (Å²) in [5.41, 5.74) is 5.23. The summed E-state index contributed by atoms with van der Waals surface area (Å²) in [5, 5.41) is 2.96. The molecule has 1 aliphatic heterocycles. The molecular weight excluding hydrogens is 588 g/mol. The van der Waals surface area contributed by atoms with Gasteiger partial charge in [-0.2, -0.15) is 0 Å². The zero-order chi connectivity index (χ0) is 33.2. The van der Waals surface area contributed by atoms with Gasteiger partial charge in [0, 0.05) is 56.5 Å². The van der Waals surface area contributed by atoms with Crippen LogP contribution in [0.25, 0.3) is 11.1 Å². The molecule has 0 bridgehead atoms. The topological polar surface area (TPSA) is 82.2 Å². The number of likely N-dealkylation sites (N-methyl/N-ethyl adjacent to an activating group) is 1. The van der Waals surface area contributed by atoms with Gasteiger partial charge in [0.1, 0.15) is 5.75 Å². The fourth-order valence-electron chi connectivity index (χ4n) is 5.47. The molecule has 4 aromatic carbocycles. The molecule has 0 saturated carbocycles. The predicted molar refractivity (Wildman–Crippen MR) is 188 cm³/mol. The lowest BCUT2D eigenvalue weighted by Crippen LogP contribution is -2.47. The standard InChI is InChI=1S/C39H42N4O4/c1-29-16-18-30(19-17-29)33-11-6-7-12-34(33)38(45)40-32-22-20-31(21-23-32)39(46)42(3)35-13-8-9-14-36(35)47-28-10-4-5-15-37(44)43-26-24-41(2)25-27-43/h6-14,16-23,28H,4-5,15,24-27H2,1-3H3,(H,40,45)/b28-10+. The van der Waals surface area contributed by atoms with Gasteiger partial charge in [-0.05, 0) is 86.5 Å². The lowest BCUT2D eigenvalue weighted by molar-refractivity contribution is -0.132. The highest BCUT2D eigenvalue weighted by Gasteiger charge is 2.19. The molecule has 0 unspecified atom stereocenters. The van der Waals surface area contributed by atoms with Crippen molar-refractivity contribution >= 4 is 29.1 Å². The Hall–Kier alpha value is -5.21. The lowest BCUT2D eigenvalue weighted by atomic mass is 9.98. The molecule has 1 saturated heterocycles. The summed E-state index contributed by atoms with van der Waals surface area (Å²) in [7, 11) is 3.78.